The quantitative estimate of drug-likeness (QED) is 0.370. The summed E-state index contributed by atoms with van der Waals surface area (Å²) in [4.78, 5) is 16.5. The Hall–Kier alpha value is -2.89. The molecule has 1 aliphatic rings. The molecule has 1 aliphatic carbocycles. The van der Waals surface area contributed by atoms with Crippen LogP contribution in [0.4, 0.5) is 13.2 Å². The number of amides is 1. The highest BCUT2D eigenvalue weighted by Gasteiger charge is 2.31. The lowest BCUT2D eigenvalue weighted by Crippen LogP contribution is -2.25. The average molecular weight is 494 g/mol. The summed E-state index contributed by atoms with van der Waals surface area (Å²) >= 11 is 1.60. The van der Waals surface area contributed by atoms with Gasteiger partial charge in [0.05, 0.1) is 23.0 Å². The lowest BCUT2D eigenvalue weighted by Gasteiger charge is -2.16. The van der Waals surface area contributed by atoms with Crippen LogP contribution in [0.1, 0.15) is 65.6 Å². The topological polar surface area (TPSA) is 90.5 Å². The van der Waals surface area contributed by atoms with Gasteiger partial charge in [0.1, 0.15) is 5.82 Å². The van der Waals surface area contributed by atoms with Crippen LogP contribution >= 0.6 is 11.8 Å². The van der Waals surface area contributed by atoms with E-state index in [1.165, 1.54) is 29.8 Å². The van der Waals surface area contributed by atoms with E-state index in [1.807, 2.05) is 6.26 Å². The van der Waals surface area contributed by atoms with Crippen LogP contribution in [0.5, 0.6) is 0 Å². The molecule has 0 saturated heterocycles. The van der Waals surface area contributed by atoms with Crippen LogP contribution in [-0.2, 0) is 12.6 Å². The van der Waals surface area contributed by atoms with E-state index in [9.17, 15) is 18.0 Å². The largest absolute Gasteiger partial charge is 0.417 e. The van der Waals surface area contributed by atoms with Gasteiger partial charge < -0.3 is 9.88 Å². The number of hydrogen-bond donors (Lipinski definition) is 1. The second kappa shape index (κ2) is 10.2. The molecule has 3 aromatic rings. The van der Waals surface area contributed by atoms with E-state index >= 15 is 0 Å². The lowest BCUT2D eigenvalue weighted by atomic mass is 10.2. The van der Waals surface area contributed by atoms with Crippen LogP contribution in [0.25, 0.3) is 5.82 Å². The first-order valence-corrected chi connectivity index (χ1v) is 12.4. The highest BCUT2D eigenvalue weighted by molar-refractivity contribution is 7.98. The van der Waals surface area contributed by atoms with E-state index in [1.54, 1.807) is 18.7 Å². The van der Waals surface area contributed by atoms with Crippen molar-refractivity contribution in [3.05, 3.63) is 47.2 Å². The number of aryl methyl sites for hydroxylation is 1. The molecule has 0 radical (unpaired) electrons. The van der Waals surface area contributed by atoms with E-state index < -0.39 is 11.7 Å². The fraction of sp³-hybridized carbons (Fsp3) is 0.500. The van der Waals surface area contributed by atoms with E-state index in [4.69, 9.17) is 0 Å². The first-order valence-electron chi connectivity index (χ1n) is 11.1. The molecule has 182 valence electrons. The predicted octanol–water partition coefficient (Wildman–Crippen LogP) is 4.39. The number of carbonyl (C=O) groups excluding carboxylic acids is 1. The summed E-state index contributed by atoms with van der Waals surface area (Å²) in [5.74, 6) is 0.862. The maximum atomic E-state index is 12.8. The number of aromatic nitrogens is 6. The van der Waals surface area contributed by atoms with Crippen molar-refractivity contribution in [2.45, 2.75) is 62.8 Å². The van der Waals surface area contributed by atoms with Crippen LogP contribution in [-0.4, -0.2) is 48.2 Å². The second-order valence-corrected chi connectivity index (χ2v) is 9.00. The zero-order chi connectivity index (χ0) is 24.3. The van der Waals surface area contributed by atoms with Crippen molar-refractivity contribution in [3.8, 4) is 5.82 Å². The van der Waals surface area contributed by atoms with Crippen LogP contribution in [0.3, 0.4) is 0 Å². The third kappa shape index (κ3) is 5.11. The highest BCUT2D eigenvalue weighted by Crippen LogP contribution is 2.33. The maximum absolute atomic E-state index is 12.8. The van der Waals surface area contributed by atoms with E-state index in [-0.39, 0.29) is 11.7 Å². The summed E-state index contributed by atoms with van der Waals surface area (Å²) in [5, 5.41) is 16.6. The number of alkyl halides is 3. The molecule has 1 saturated carbocycles. The summed E-state index contributed by atoms with van der Waals surface area (Å²) in [7, 11) is 0. The number of pyridine rings is 1. The number of carbonyl (C=O) groups is 1. The van der Waals surface area contributed by atoms with Gasteiger partial charge in [-0.3, -0.25) is 4.79 Å². The summed E-state index contributed by atoms with van der Waals surface area (Å²) in [6, 6.07) is 2.62. The number of nitrogens with one attached hydrogen (secondary N) is 1. The zero-order valence-electron chi connectivity index (χ0n) is 19.0. The average Bonchev–Trinajstić information content (AvgIpc) is 3.55. The number of halogens is 3. The van der Waals surface area contributed by atoms with Gasteiger partial charge in [-0.2, -0.15) is 18.3 Å². The van der Waals surface area contributed by atoms with Crippen LogP contribution < -0.4 is 5.32 Å². The molecule has 8 nitrogen and oxygen atoms in total. The lowest BCUT2D eigenvalue weighted by molar-refractivity contribution is -0.137. The van der Waals surface area contributed by atoms with Gasteiger partial charge in [0, 0.05) is 25.2 Å². The molecule has 3 heterocycles. The Morgan fingerprint density at radius 2 is 1.97 bits per heavy atom. The monoisotopic (exact) mass is 493 g/mol. The standard InChI is InChI=1S/C22H26F3N7OS/c1-14-17(13-28-32(14)18-10-9-15(12-27-18)22(23,24)25)20(33)26-11-5-8-19-29-30-21(34-2)31(19)16-6-3-4-7-16/h9-10,12-13,16H,3-8,11H2,1-2H3,(H,26,33). The Morgan fingerprint density at radius 1 is 1.21 bits per heavy atom. The normalized spacial score (nSPS) is 14.6. The van der Waals surface area contributed by atoms with Gasteiger partial charge in [-0.05, 0) is 44.6 Å². The van der Waals surface area contributed by atoms with E-state index in [0.29, 0.717) is 36.7 Å². The first kappa shape index (κ1) is 24.2. The molecule has 34 heavy (non-hydrogen) atoms. The molecule has 0 atom stereocenters. The van der Waals surface area contributed by atoms with Crippen LogP contribution in [0.2, 0.25) is 0 Å². The van der Waals surface area contributed by atoms with Crippen molar-refractivity contribution in [1.29, 1.82) is 0 Å². The van der Waals surface area contributed by atoms with Crippen LogP contribution in [0, 0.1) is 6.92 Å². The second-order valence-electron chi connectivity index (χ2n) is 8.23. The molecule has 12 heteroatoms. The Morgan fingerprint density at radius 3 is 2.62 bits per heavy atom. The van der Waals surface area contributed by atoms with E-state index in [0.717, 1.165) is 36.1 Å². The third-order valence-corrected chi connectivity index (χ3v) is 6.66. The molecule has 0 bridgehead atoms. The molecule has 0 aliphatic heterocycles. The molecule has 1 amide bonds. The number of nitrogens with zero attached hydrogens (tertiary/aromatic N) is 6. The summed E-state index contributed by atoms with van der Waals surface area (Å²) in [6.07, 6.45) is 5.84. The molecule has 0 aromatic carbocycles. The number of hydrogen-bond acceptors (Lipinski definition) is 6. The van der Waals surface area contributed by atoms with Gasteiger partial charge in [0.15, 0.2) is 11.0 Å². The summed E-state index contributed by atoms with van der Waals surface area (Å²) in [6.45, 7) is 2.13. The first-order chi connectivity index (χ1) is 16.3. The maximum Gasteiger partial charge on any atom is 0.417 e. The minimum absolute atomic E-state index is 0.209. The number of rotatable bonds is 8. The van der Waals surface area contributed by atoms with Gasteiger partial charge in [-0.1, -0.05) is 24.6 Å². The van der Waals surface area contributed by atoms with Gasteiger partial charge in [0.25, 0.3) is 5.91 Å². The third-order valence-electron chi connectivity index (χ3n) is 6.02. The SMILES string of the molecule is CSc1nnc(CCCNC(=O)c2cnn(-c3ccc(C(F)(F)F)cn3)c2C)n1C1CCCC1. The molecule has 0 unspecified atom stereocenters. The van der Waals surface area contributed by atoms with Crippen molar-refractivity contribution in [3.63, 3.8) is 0 Å². The molecule has 4 rings (SSSR count). The minimum atomic E-state index is -4.46. The van der Waals surface area contributed by atoms with Crippen molar-refractivity contribution < 1.29 is 18.0 Å². The van der Waals surface area contributed by atoms with Crippen molar-refractivity contribution in [1.82, 2.24) is 34.8 Å². The molecular weight excluding hydrogens is 467 g/mol. The molecule has 0 spiro atoms. The minimum Gasteiger partial charge on any atom is -0.352 e. The Bertz CT molecular complexity index is 1130. The van der Waals surface area contributed by atoms with Crippen molar-refractivity contribution in [2.24, 2.45) is 0 Å². The van der Waals surface area contributed by atoms with E-state index in [2.05, 4.69) is 30.2 Å². The van der Waals surface area contributed by atoms with Crippen molar-refractivity contribution >= 4 is 17.7 Å². The summed E-state index contributed by atoms with van der Waals surface area (Å²) < 4.78 is 41.9. The Balaban J connectivity index is 1.35. The van der Waals surface area contributed by atoms with Gasteiger partial charge in [-0.15, -0.1) is 10.2 Å². The predicted molar refractivity (Wildman–Crippen MR) is 121 cm³/mol. The zero-order valence-corrected chi connectivity index (χ0v) is 19.8. The Kier molecular flexibility index (Phi) is 7.24. The molecular formula is C22H26F3N7OS. The fourth-order valence-electron chi connectivity index (χ4n) is 4.23. The Labute approximate surface area is 199 Å². The summed E-state index contributed by atoms with van der Waals surface area (Å²) in [5.41, 5.74) is 0.00304. The fourth-order valence-corrected chi connectivity index (χ4v) is 4.81. The van der Waals surface area contributed by atoms with Gasteiger partial charge >= 0.3 is 6.18 Å². The molecule has 3 aromatic heterocycles. The van der Waals surface area contributed by atoms with Crippen molar-refractivity contribution in [2.75, 3.05) is 12.8 Å². The van der Waals surface area contributed by atoms with Crippen LogP contribution in [0.15, 0.2) is 29.7 Å². The highest BCUT2D eigenvalue weighted by atomic mass is 32.2. The van der Waals surface area contributed by atoms with Gasteiger partial charge in [0.2, 0.25) is 0 Å². The van der Waals surface area contributed by atoms with Gasteiger partial charge in [-0.25, -0.2) is 9.67 Å². The molecule has 1 fully saturated rings. The smallest absolute Gasteiger partial charge is 0.352 e. The molecule has 1 N–H and O–H groups in total. The number of thioether (sulfide) groups is 1.